The number of aromatic nitrogens is 1. The van der Waals surface area contributed by atoms with Crippen molar-refractivity contribution in [2.75, 3.05) is 0 Å². The Kier molecular flexibility index (Phi) is 2.61. The Balaban J connectivity index is 2.14. The monoisotopic (exact) mass is 222 g/mol. The average molecular weight is 222 g/mol. The van der Waals surface area contributed by atoms with Gasteiger partial charge in [0.05, 0.1) is 0 Å². The molecule has 1 aliphatic carbocycles. The van der Waals surface area contributed by atoms with Crippen LogP contribution in [0.4, 0.5) is 0 Å². The van der Waals surface area contributed by atoms with E-state index in [-0.39, 0.29) is 11.0 Å². The van der Waals surface area contributed by atoms with Crippen molar-refractivity contribution in [3.05, 3.63) is 17.0 Å². The average Bonchev–Trinajstić information content (AvgIpc) is 2.64. The summed E-state index contributed by atoms with van der Waals surface area (Å²) in [4.78, 5) is 0. The molecule has 0 aliphatic heterocycles. The fourth-order valence-electron chi connectivity index (χ4n) is 2.17. The van der Waals surface area contributed by atoms with Crippen LogP contribution in [0.2, 0.25) is 0 Å². The normalized spacial score (nSPS) is 18.8. The molecule has 0 radical (unpaired) electrons. The molecule has 1 aromatic heterocycles. The minimum Gasteiger partial charge on any atom is -0.360 e. The van der Waals surface area contributed by atoms with E-state index in [0.29, 0.717) is 0 Å². The predicted molar refractivity (Wildman–Crippen MR) is 64.4 cm³/mol. The summed E-state index contributed by atoms with van der Waals surface area (Å²) in [6, 6.07) is 0. The molecule has 1 aliphatic rings. The Hall–Kier alpha value is -0.830. The largest absolute Gasteiger partial charge is 0.360 e. The SMILES string of the molecule is CC(C)(C)NCc1noc2c1CCC2(C)C. The molecule has 1 heterocycles. The summed E-state index contributed by atoms with van der Waals surface area (Å²) in [7, 11) is 0. The fraction of sp³-hybridized carbons (Fsp3) is 0.769. The lowest BCUT2D eigenvalue weighted by atomic mass is 9.92. The first-order valence-corrected chi connectivity index (χ1v) is 6.02. The van der Waals surface area contributed by atoms with Gasteiger partial charge in [-0.05, 0) is 33.6 Å². The molecule has 0 bridgehead atoms. The Labute approximate surface area is 97.6 Å². The van der Waals surface area contributed by atoms with E-state index < -0.39 is 0 Å². The van der Waals surface area contributed by atoms with Crippen LogP contribution >= 0.6 is 0 Å². The molecule has 0 saturated heterocycles. The van der Waals surface area contributed by atoms with Gasteiger partial charge < -0.3 is 9.84 Å². The van der Waals surface area contributed by atoms with Gasteiger partial charge in [-0.25, -0.2) is 0 Å². The maximum absolute atomic E-state index is 5.50. The van der Waals surface area contributed by atoms with Gasteiger partial charge in [0.15, 0.2) is 0 Å². The van der Waals surface area contributed by atoms with Crippen molar-refractivity contribution in [1.29, 1.82) is 0 Å². The molecule has 2 rings (SSSR count). The lowest BCUT2D eigenvalue weighted by molar-refractivity contribution is 0.312. The first-order valence-electron chi connectivity index (χ1n) is 6.02. The minimum atomic E-state index is 0.125. The molecule has 1 aromatic rings. The highest BCUT2D eigenvalue weighted by atomic mass is 16.5. The Morgan fingerprint density at radius 3 is 2.69 bits per heavy atom. The van der Waals surface area contributed by atoms with Crippen LogP contribution in [0.25, 0.3) is 0 Å². The summed E-state index contributed by atoms with van der Waals surface area (Å²) in [5.41, 5.74) is 2.72. The second kappa shape index (κ2) is 3.59. The molecule has 3 heteroatoms. The Morgan fingerprint density at radius 1 is 1.38 bits per heavy atom. The zero-order valence-electron chi connectivity index (χ0n) is 11.0. The molecule has 0 amide bonds. The van der Waals surface area contributed by atoms with Crippen LogP contribution in [0.5, 0.6) is 0 Å². The van der Waals surface area contributed by atoms with Crippen molar-refractivity contribution in [2.45, 2.75) is 65.0 Å². The lowest BCUT2D eigenvalue weighted by Crippen LogP contribution is -2.35. The molecule has 0 fully saturated rings. The first-order chi connectivity index (χ1) is 7.30. The van der Waals surface area contributed by atoms with Gasteiger partial charge in [0, 0.05) is 23.1 Å². The highest BCUT2D eigenvalue weighted by Gasteiger charge is 2.36. The van der Waals surface area contributed by atoms with Crippen molar-refractivity contribution in [2.24, 2.45) is 0 Å². The van der Waals surface area contributed by atoms with E-state index in [2.05, 4.69) is 45.1 Å². The molecule has 0 atom stereocenters. The summed E-state index contributed by atoms with van der Waals surface area (Å²) < 4.78 is 5.50. The number of hydrogen-bond donors (Lipinski definition) is 1. The van der Waals surface area contributed by atoms with Crippen LogP contribution in [-0.2, 0) is 18.4 Å². The molecule has 0 aromatic carbocycles. The molecule has 0 unspecified atom stereocenters. The quantitative estimate of drug-likeness (QED) is 0.836. The van der Waals surface area contributed by atoms with E-state index in [4.69, 9.17) is 4.52 Å². The number of nitrogens with one attached hydrogen (secondary N) is 1. The van der Waals surface area contributed by atoms with Gasteiger partial charge in [-0.1, -0.05) is 19.0 Å². The van der Waals surface area contributed by atoms with Gasteiger partial charge in [0.1, 0.15) is 11.5 Å². The van der Waals surface area contributed by atoms with Gasteiger partial charge in [0.2, 0.25) is 0 Å². The summed E-state index contributed by atoms with van der Waals surface area (Å²) in [5, 5.41) is 7.66. The fourth-order valence-corrected chi connectivity index (χ4v) is 2.17. The van der Waals surface area contributed by atoms with Crippen LogP contribution < -0.4 is 5.32 Å². The zero-order chi connectivity index (χ0) is 12.0. The van der Waals surface area contributed by atoms with E-state index in [1.165, 1.54) is 12.0 Å². The van der Waals surface area contributed by atoms with Crippen LogP contribution in [-0.4, -0.2) is 10.7 Å². The second-order valence-corrected chi connectivity index (χ2v) is 6.42. The van der Waals surface area contributed by atoms with E-state index in [1.54, 1.807) is 0 Å². The van der Waals surface area contributed by atoms with Gasteiger partial charge in [-0.3, -0.25) is 0 Å². The van der Waals surface area contributed by atoms with Gasteiger partial charge >= 0.3 is 0 Å². The third-order valence-corrected chi connectivity index (χ3v) is 3.27. The minimum absolute atomic E-state index is 0.125. The summed E-state index contributed by atoms with van der Waals surface area (Å²) in [5.74, 6) is 1.10. The number of hydrogen-bond acceptors (Lipinski definition) is 3. The maximum atomic E-state index is 5.50. The molecule has 3 nitrogen and oxygen atoms in total. The number of fused-ring (bicyclic) bond motifs is 1. The molecule has 1 N–H and O–H groups in total. The smallest absolute Gasteiger partial charge is 0.145 e. The molecule has 16 heavy (non-hydrogen) atoms. The Bertz CT molecular complexity index is 385. The molecular formula is C13H22N2O. The van der Waals surface area contributed by atoms with Crippen molar-refractivity contribution < 1.29 is 4.52 Å². The van der Waals surface area contributed by atoms with Gasteiger partial charge in [-0.15, -0.1) is 0 Å². The lowest BCUT2D eigenvalue weighted by Gasteiger charge is -2.19. The van der Waals surface area contributed by atoms with Crippen LogP contribution in [0.1, 0.15) is 58.1 Å². The predicted octanol–water partition coefficient (Wildman–Crippen LogP) is 2.79. The van der Waals surface area contributed by atoms with Crippen molar-refractivity contribution in [3.8, 4) is 0 Å². The van der Waals surface area contributed by atoms with E-state index >= 15 is 0 Å². The van der Waals surface area contributed by atoms with Crippen molar-refractivity contribution in [3.63, 3.8) is 0 Å². The number of rotatable bonds is 2. The summed E-state index contributed by atoms with van der Waals surface area (Å²) in [6.45, 7) is 11.8. The number of nitrogens with zero attached hydrogens (tertiary/aromatic N) is 1. The molecule has 0 saturated carbocycles. The second-order valence-electron chi connectivity index (χ2n) is 6.42. The zero-order valence-corrected chi connectivity index (χ0v) is 11.0. The third-order valence-electron chi connectivity index (χ3n) is 3.27. The van der Waals surface area contributed by atoms with Crippen LogP contribution in [0.3, 0.4) is 0 Å². The Morgan fingerprint density at radius 2 is 2.06 bits per heavy atom. The summed E-state index contributed by atoms with van der Waals surface area (Å²) in [6.07, 6.45) is 2.28. The third kappa shape index (κ3) is 2.14. The van der Waals surface area contributed by atoms with Gasteiger partial charge in [0.25, 0.3) is 0 Å². The van der Waals surface area contributed by atoms with E-state index in [0.717, 1.165) is 24.4 Å². The highest BCUT2D eigenvalue weighted by Crippen LogP contribution is 2.39. The first kappa shape index (κ1) is 11.6. The van der Waals surface area contributed by atoms with Crippen LogP contribution in [0.15, 0.2) is 4.52 Å². The van der Waals surface area contributed by atoms with Crippen molar-refractivity contribution >= 4 is 0 Å². The highest BCUT2D eigenvalue weighted by molar-refractivity contribution is 5.33. The molecule has 0 spiro atoms. The van der Waals surface area contributed by atoms with Crippen molar-refractivity contribution in [1.82, 2.24) is 10.5 Å². The van der Waals surface area contributed by atoms with E-state index in [9.17, 15) is 0 Å². The topological polar surface area (TPSA) is 38.1 Å². The summed E-state index contributed by atoms with van der Waals surface area (Å²) >= 11 is 0. The van der Waals surface area contributed by atoms with E-state index in [1.807, 2.05) is 0 Å². The van der Waals surface area contributed by atoms with Crippen LogP contribution in [0, 0.1) is 0 Å². The molecule has 90 valence electrons. The standard InChI is InChI=1S/C13H22N2O/c1-12(2,3)14-8-10-9-6-7-13(4,5)11(9)16-15-10/h14H,6-8H2,1-5H3. The van der Waals surface area contributed by atoms with Gasteiger partial charge in [-0.2, -0.15) is 0 Å². The maximum Gasteiger partial charge on any atom is 0.145 e. The molecular weight excluding hydrogens is 200 g/mol.